The number of hydrogen-bond acceptors (Lipinski definition) is 3. The number of allylic oxidation sites excluding steroid dienone is 3. The Balaban J connectivity index is 1.68. The lowest BCUT2D eigenvalue weighted by molar-refractivity contribution is 0.513. The van der Waals surface area contributed by atoms with Crippen molar-refractivity contribution in [2.24, 2.45) is 0 Å². The smallest absolute Gasteiger partial charge is 0.104 e. The van der Waals surface area contributed by atoms with E-state index in [2.05, 4.69) is 60.1 Å². The van der Waals surface area contributed by atoms with Crippen LogP contribution in [-0.2, 0) is 0 Å². The van der Waals surface area contributed by atoms with Gasteiger partial charge < -0.3 is 5.32 Å². The van der Waals surface area contributed by atoms with Gasteiger partial charge in [0, 0.05) is 16.2 Å². The second-order valence-electron chi connectivity index (χ2n) is 5.46. The molecule has 1 aliphatic carbocycles. The van der Waals surface area contributed by atoms with E-state index in [0.29, 0.717) is 5.37 Å². The topological polar surface area (TPSA) is 24.1 Å². The standard InChI is InChI=1S/C17H18N2S/c1-11-15-13-9-5-6-10-14(13)20-17(15)19-16(18-11)12-7-3-2-4-8-12/h3,5-10,16-19H,2,4H2,1H3. The van der Waals surface area contributed by atoms with E-state index >= 15 is 0 Å². The molecule has 0 radical (unpaired) electrons. The average molecular weight is 282 g/mol. The summed E-state index contributed by atoms with van der Waals surface area (Å²) < 4.78 is 0. The van der Waals surface area contributed by atoms with Crippen LogP contribution in [0.3, 0.4) is 0 Å². The molecule has 2 atom stereocenters. The van der Waals surface area contributed by atoms with Crippen LogP contribution >= 0.6 is 11.8 Å². The molecule has 1 aromatic rings. The fraction of sp³-hybridized carbons (Fsp3) is 0.294. The molecular weight excluding hydrogens is 264 g/mol. The van der Waals surface area contributed by atoms with Gasteiger partial charge in [-0.3, -0.25) is 5.32 Å². The first-order valence-electron chi connectivity index (χ1n) is 7.19. The van der Waals surface area contributed by atoms with Gasteiger partial charge in [0.1, 0.15) is 6.17 Å². The molecular formula is C17H18N2S. The number of thioether (sulfide) groups is 1. The maximum atomic E-state index is 3.74. The van der Waals surface area contributed by atoms with Crippen molar-refractivity contribution < 1.29 is 0 Å². The molecule has 20 heavy (non-hydrogen) atoms. The maximum Gasteiger partial charge on any atom is 0.104 e. The summed E-state index contributed by atoms with van der Waals surface area (Å²) in [6, 6.07) is 8.69. The van der Waals surface area contributed by atoms with Crippen molar-refractivity contribution in [3.8, 4) is 0 Å². The molecule has 2 nitrogen and oxygen atoms in total. The van der Waals surface area contributed by atoms with Crippen LogP contribution in [-0.4, -0.2) is 11.5 Å². The Hall–Kier alpha value is -1.45. The zero-order valence-electron chi connectivity index (χ0n) is 11.5. The molecule has 3 aliphatic rings. The molecule has 0 spiro atoms. The van der Waals surface area contributed by atoms with Crippen LogP contribution in [0.4, 0.5) is 0 Å². The van der Waals surface area contributed by atoms with E-state index in [9.17, 15) is 0 Å². The average Bonchev–Trinajstić information content (AvgIpc) is 2.87. The van der Waals surface area contributed by atoms with Gasteiger partial charge in [-0.1, -0.05) is 36.4 Å². The normalized spacial score (nSPS) is 27.8. The SMILES string of the molecule is CC1=C2c3ccccc3SC2NC(C2=CCCC=C2)N1. The number of benzene rings is 1. The van der Waals surface area contributed by atoms with E-state index in [4.69, 9.17) is 0 Å². The fourth-order valence-corrected chi connectivity index (χ4v) is 4.49. The Bertz CT molecular complexity index is 642. The minimum Gasteiger partial charge on any atom is -0.369 e. The van der Waals surface area contributed by atoms with Crippen molar-refractivity contribution in [2.45, 2.75) is 36.2 Å². The Morgan fingerprint density at radius 1 is 1.20 bits per heavy atom. The van der Waals surface area contributed by atoms with E-state index in [1.54, 1.807) is 0 Å². The van der Waals surface area contributed by atoms with Crippen molar-refractivity contribution in [3.05, 3.63) is 59.3 Å². The highest BCUT2D eigenvalue weighted by atomic mass is 32.2. The summed E-state index contributed by atoms with van der Waals surface area (Å²) in [6.07, 6.45) is 9.42. The van der Waals surface area contributed by atoms with Crippen LogP contribution in [0.15, 0.2) is 58.7 Å². The second-order valence-corrected chi connectivity index (χ2v) is 6.61. The molecule has 102 valence electrons. The summed E-state index contributed by atoms with van der Waals surface area (Å²) in [6.45, 7) is 2.20. The highest BCUT2D eigenvalue weighted by Gasteiger charge is 2.35. The molecule has 0 bridgehead atoms. The highest BCUT2D eigenvalue weighted by molar-refractivity contribution is 8.00. The molecule has 2 heterocycles. The second kappa shape index (κ2) is 4.83. The number of hydrogen-bond donors (Lipinski definition) is 2. The Kier molecular flexibility index (Phi) is 2.97. The molecule has 2 N–H and O–H groups in total. The Morgan fingerprint density at radius 2 is 2.10 bits per heavy atom. The molecule has 2 unspecified atom stereocenters. The molecule has 0 amide bonds. The molecule has 1 aromatic carbocycles. The van der Waals surface area contributed by atoms with Gasteiger partial charge in [-0.05, 0) is 37.0 Å². The predicted molar refractivity (Wildman–Crippen MR) is 85.2 cm³/mol. The van der Waals surface area contributed by atoms with E-state index in [-0.39, 0.29) is 6.17 Å². The summed E-state index contributed by atoms with van der Waals surface area (Å²) in [5.74, 6) is 0. The molecule has 0 aromatic heterocycles. The molecule has 0 saturated heterocycles. The third kappa shape index (κ3) is 1.93. The number of fused-ring (bicyclic) bond motifs is 3. The van der Waals surface area contributed by atoms with Gasteiger partial charge in [0.2, 0.25) is 0 Å². The van der Waals surface area contributed by atoms with Crippen molar-refractivity contribution in [3.63, 3.8) is 0 Å². The van der Waals surface area contributed by atoms with Crippen LogP contribution in [0, 0.1) is 0 Å². The zero-order valence-corrected chi connectivity index (χ0v) is 12.3. The van der Waals surface area contributed by atoms with Crippen LogP contribution in [0.2, 0.25) is 0 Å². The van der Waals surface area contributed by atoms with Crippen LogP contribution < -0.4 is 10.6 Å². The summed E-state index contributed by atoms with van der Waals surface area (Å²) in [5.41, 5.74) is 5.47. The molecule has 0 fully saturated rings. The van der Waals surface area contributed by atoms with Gasteiger partial charge >= 0.3 is 0 Å². The molecule has 0 saturated carbocycles. The molecule has 2 aliphatic heterocycles. The lowest BCUT2D eigenvalue weighted by atomic mass is 9.99. The van der Waals surface area contributed by atoms with Gasteiger partial charge in [0.15, 0.2) is 0 Å². The summed E-state index contributed by atoms with van der Waals surface area (Å²) in [4.78, 5) is 1.38. The fourth-order valence-electron chi connectivity index (χ4n) is 3.15. The van der Waals surface area contributed by atoms with Crippen LogP contribution in [0.5, 0.6) is 0 Å². The number of nitrogens with one attached hydrogen (secondary N) is 2. The van der Waals surface area contributed by atoms with Gasteiger partial charge in [-0.15, -0.1) is 11.8 Å². The first-order chi connectivity index (χ1) is 9.83. The van der Waals surface area contributed by atoms with Crippen molar-refractivity contribution in [1.29, 1.82) is 0 Å². The van der Waals surface area contributed by atoms with E-state index in [1.807, 2.05) is 11.8 Å². The van der Waals surface area contributed by atoms with Crippen molar-refractivity contribution >= 4 is 17.3 Å². The zero-order chi connectivity index (χ0) is 13.5. The highest BCUT2D eigenvalue weighted by Crippen LogP contribution is 2.46. The summed E-state index contributed by atoms with van der Waals surface area (Å²) in [5, 5.41) is 7.74. The van der Waals surface area contributed by atoms with Crippen molar-refractivity contribution in [1.82, 2.24) is 10.6 Å². The predicted octanol–water partition coefficient (Wildman–Crippen LogP) is 3.64. The number of rotatable bonds is 1. The monoisotopic (exact) mass is 282 g/mol. The van der Waals surface area contributed by atoms with Crippen LogP contribution in [0.25, 0.3) is 5.57 Å². The van der Waals surface area contributed by atoms with E-state index < -0.39 is 0 Å². The minimum atomic E-state index is 0.238. The Morgan fingerprint density at radius 3 is 2.95 bits per heavy atom. The third-order valence-corrected chi connectivity index (χ3v) is 5.34. The lowest BCUT2D eigenvalue weighted by Crippen LogP contribution is -2.50. The van der Waals surface area contributed by atoms with Crippen molar-refractivity contribution in [2.75, 3.05) is 0 Å². The summed E-state index contributed by atoms with van der Waals surface area (Å²) >= 11 is 1.93. The largest absolute Gasteiger partial charge is 0.369 e. The van der Waals surface area contributed by atoms with E-state index in [0.717, 1.165) is 6.42 Å². The maximum absolute atomic E-state index is 3.74. The van der Waals surface area contributed by atoms with Gasteiger partial charge in [0.05, 0.1) is 5.37 Å². The first kappa shape index (κ1) is 12.3. The molecule has 3 heteroatoms. The summed E-state index contributed by atoms with van der Waals surface area (Å²) in [7, 11) is 0. The Labute approximate surface area is 124 Å². The minimum absolute atomic E-state index is 0.238. The third-order valence-electron chi connectivity index (χ3n) is 4.12. The van der Waals surface area contributed by atoms with Gasteiger partial charge in [0.25, 0.3) is 0 Å². The van der Waals surface area contributed by atoms with Gasteiger partial charge in [-0.25, -0.2) is 0 Å². The quantitative estimate of drug-likeness (QED) is 0.822. The molecule has 4 rings (SSSR count). The van der Waals surface area contributed by atoms with Gasteiger partial charge in [-0.2, -0.15) is 0 Å². The lowest BCUT2D eigenvalue weighted by Gasteiger charge is -2.33. The first-order valence-corrected chi connectivity index (χ1v) is 8.07. The van der Waals surface area contributed by atoms with Crippen LogP contribution in [0.1, 0.15) is 25.3 Å². The van der Waals surface area contributed by atoms with E-state index in [1.165, 1.54) is 33.7 Å².